The number of rotatable bonds is 5. The molecule has 0 spiro atoms. The van der Waals surface area contributed by atoms with Crippen LogP contribution in [0, 0.1) is 6.92 Å². The molecule has 1 amide bonds. The zero-order chi connectivity index (χ0) is 22.2. The maximum absolute atomic E-state index is 12.4. The van der Waals surface area contributed by atoms with Gasteiger partial charge in [0.2, 0.25) is 0 Å². The van der Waals surface area contributed by atoms with Crippen molar-refractivity contribution >= 4 is 49.3 Å². The number of hydrogen-bond acceptors (Lipinski definition) is 6. The van der Waals surface area contributed by atoms with Gasteiger partial charge in [0, 0.05) is 31.9 Å². The number of aryl methyl sites for hydroxylation is 2. The molecular weight excluding hydrogens is 492 g/mol. The highest BCUT2D eigenvalue weighted by Gasteiger charge is 2.20. The van der Waals surface area contributed by atoms with Gasteiger partial charge in [0.05, 0.1) is 5.69 Å². The first-order valence-corrected chi connectivity index (χ1v) is 11.8. The molecule has 6 nitrogen and oxygen atoms in total. The van der Waals surface area contributed by atoms with Crippen molar-refractivity contribution in [1.29, 1.82) is 0 Å². The number of carbonyl (C=O) groups excluding carboxylic acids is 1. The lowest BCUT2D eigenvalue weighted by atomic mass is 10.1. The number of nitrogens with one attached hydrogen (secondary N) is 1. The van der Waals surface area contributed by atoms with Gasteiger partial charge >= 0.3 is 5.63 Å². The van der Waals surface area contributed by atoms with Gasteiger partial charge in [0.1, 0.15) is 11.3 Å². The van der Waals surface area contributed by atoms with Crippen LogP contribution >= 0.6 is 27.3 Å². The first-order chi connectivity index (χ1) is 15.5. The number of thiazole rings is 1. The molecule has 32 heavy (non-hydrogen) atoms. The van der Waals surface area contributed by atoms with Crippen LogP contribution in [0.1, 0.15) is 22.4 Å². The number of fused-ring (bicyclic) bond motifs is 3. The fourth-order valence-corrected chi connectivity index (χ4v) is 5.10. The molecule has 0 atom stereocenters. The van der Waals surface area contributed by atoms with E-state index in [9.17, 15) is 9.59 Å². The number of hydrogen-bond donors (Lipinski definition) is 1. The molecule has 0 unspecified atom stereocenters. The fraction of sp³-hybridized carbons (Fsp3) is 0.208. The summed E-state index contributed by atoms with van der Waals surface area (Å²) in [7, 11) is 0. The number of carbonyl (C=O) groups is 1. The number of aromatic nitrogens is 1. The highest BCUT2D eigenvalue weighted by atomic mass is 79.9. The van der Waals surface area contributed by atoms with E-state index in [0.29, 0.717) is 16.5 Å². The predicted molar refractivity (Wildman–Crippen MR) is 129 cm³/mol. The molecule has 1 N–H and O–H groups in total. The third kappa shape index (κ3) is 4.08. The van der Waals surface area contributed by atoms with E-state index in [1.807, 2.05) is 37.3 Å². The molecule has 4 aromatic rings. The average Bonchev–Trinajstić information content (AvgIpc) is 3.40. The zero-order valence-corrected chi connectivity index (χ0v) is 19.6. The molecule has 0 aliphatic heterocycles. The number of anilines is 1. The van der Waals surface area contributed by atoms with Gasteiger partial charge in [-0.25, -0.2) is 9.78 Å². The van der Waals surface area contributed by atoms with E-state index in [4.69, 9.17) is 9.15 Å². The van der Waals surface area contributed by atoms with E-state index < -0.39 is 0 Å². The van der Waals surface area contributed by atoms with Gasteiger partial charge in [-0.3, -0.25) is 10.1 Å². The molecule has 0 saturated heterocycles. The van der Waals surface area contributed by atoms with Gasteiger partial charge < -0.3 is 9.15 Å². The van der Waals surface area contributed by atoms with Gasteiger partial charge in [-0.2, -0.15) is 0 Å². The lowest BCUT2D eigenvalue weighted by Crippen LogP contribution is -2.20. The Bertz CT molecular complexity index is 1390. The van der Waals surface area contributed by atoms with Crippen LogP contribution < -0.4 is 15.7 Å². The summed E-state index contributed by atoms with van der Waals surface area (Å²) in [6.45, 7) is 1.80. The van der Waals surface area contributed by atoms with Crippen molar-refractivity contribution in [3.8, 4) is 17.0 Å². The lowest BCUT2D eigenvalue weighted by molar-refractivity contribution is -0.118. The standard InChI is InChI=1S/C24H19BrN2O4S/c1-13-22(14-5-7-15(25)8-6-14)27-24(32-13)26-21(28)12-30-16-9-10-18-17-3-2-4-19(17)23(29)31-20(18)11-16/h5-11H,2-4,12H2,1H3,(H,26,27,28). The van der Waals surface area contributed by atoms with Crippen molar-refractivity contribution in [2.24, 2.45) is 0 Å². The Hall–Kier alpha value is -2.97. The first kappa shape index (κ1) is 20.9. The monoisotopic (exact) mass is 510 g/mol. The summed E-state index contributed by atoms with van der Waals surface area (Å²) in [5.74, 6) is 0.163. The second kappa shape index (κ2) is 8.52. The van der Waals surface area contributed by atoms with Crippen molar-refractivity contribution in [2.45, 2.75) is 26.2 Å². The summed E-state index contributed by atoms with van der Waals surface area (Å²) >= 11 is 4.85. The zero-order valence-electron chi connectivity index (χ0n) is 17.2. The topological polar surface area (TPSA) is 81.4 Å². The van der Waals surface area contributed by atoms with E-state index in [1.54, 1.807) is 12.1 Å². The van der Waals surface area contributed by atoms with E-state index >= 15 is 0 Å². The third-order valence-electron chi connectivity index (χ3n) is 5.48. The van der Waals surface area contributed by atoms with E-state index in [2.05, 4.69) is 26.2 Å². The number of ether oxygens (including phenoxy) is 1. The van der Waals surface area contributed by atoms with E-state index in [1.165, 1.54) is 11.3 Å². The minimum absolute atomic E-state index is 0.174. The van der Waals surface area contributed by atoms with Gasteiger partial charge in [0.25, 0.3) is 5.91 Å². The molecule has 1 aliphatic rings. The SMILES string of the molecule is Cc1sc(NC(=O)COc2ccc3c4c(c(=O)oc3c2)CCC4)nc1-c1ccc(Br)cc1. The Morgan fingerprint density at radius 3 is 2.78 bits per heavy atom. The third-order valence-corrected chi connectivity index (χ3v) is 6.89. The second-order valence-electron chi connectivity index (χ2n) is 7.63. The summed E-state index contributed by atoms with van der Waals surface area (Å²) in [4.78, 5) is 30.2. The van der Waals surface area contributed by atoms with Crippen molar-refractivity contribution < 1.29 is 13.9 Å². The smallest absolute Gasteiger partial charge is 0.339 e. The van der Waals surface area contributed by atoms with Crippen molar-refractivity contribution in [2.75, 3.05) is 11.9 Å². The highest BCUT2D eigenvalue weighted by Crippen LogP contribution is 2.32. The van der Waals surface area contributed by atoms with Crippen LogP contribution in [0.25, 0.3) is 22.2 Å². The van der Waals surface area contributed by atoms with E-state index in [-0.39, 0.29) is 18.1 Å². The summed E-state index contributed by atoms with van der Waals surface area (Å²) in [6, 6.07) is 13.2. The maximum atomic E-state index is 12.4. The summed E-state index contributed by atoms with van der Waals surface area (Å²) in [5, 5.41) is 4.26. The number of halogens is 1. The Balaban J connectivity index is 1.27. The summed E-state index contributed by atoms with van der Waals surface area (Å²) in [5.41, 5.74) is 3.90. The highest BCUT2D eigenvalue weighted by molar-refractivity contribution is 9.10. The van der Waals surface area contributed by atoms with Gasteiger partial charge in [-0.1, -0.05) is 28.1 Å². The normalized spacial score (nSPS) is 12.7. The summed E-state index contributed by atoms with van der Waals surface area (Å²) in [6.07, 6.45) is 2.62. The first-order valence-electron chi connectivity index (χ1n) is 10.2. The van der Waals surface area contributed by atoms with Gasteiger partial charge in [-0.15, -0.1) is 11.3 Å². The summed E-state index contributed by atoms with van der Waals surface area (Å²) < 4.78 is 12.1. The molecule has 2 aromatic heterocycles. The van der Waals surface area contributed by atoms with Crippen LogP contribution in [0.15, 0.2) is 56.1 Å². The minimum atomic E-state index is -0.309. The Labute approximate surface area is 196 Å². The van der Waals surface area contributed by atoms with Gasteiger partial charge in [-0.05, 0) is 56.0 Å². The Kier molecular flexibility index (Phi) is 5.57. The van der Waals surface area contributed by atoms with Crippen LogP contribution in [0.3, 0.4) is 0 Å². The Morgan fingerprint density at radius 1 is 1.19 bits per heavy atom. The molecule has 0 radical (unpaired) electrons. The Morgan fingerprint density at radius 2 is 1.97 bits per heavy atom. The minimum Gasteiger partial charge on any atom is -0.484 e. The van der Waals surface area contributed by atoms with Crippen LogP contribution in [0.2, 0.25) is 0 Å². The van der Waals surface area contributed by atoms with Crippen LogP contribution in [-0.4, -0.2) is 17.5 Å². The molecule has 2 heterocycles. The number of amides is 1. The maximum Gasteiger partial charge on any atom is 0.339 e. The quantitative estimate of drug-likeness (QED) is 0.358. The largest absolute Gasteiger partial charge is 0.484 e. The fourth-order valence-electron chi connectivity index (χ4n) is 3.98. The molecule has 5 rings (SSSR count). The molecule has 0 saturated carbocycles. The molecule has 162 valence electrons. The van der Waals surface area contributed by atoms with Crippen LogP contribution in [-0.2, 0) is 17.6 Å². The number of benzene rings is 2. The number of nitrogens with zero attached hydrogens (tertiary/aromatic N) is 1. The molecule has 0 fully saturated rings. The van der Waals surface area contributed by atoms with Gasteiger partial charge in [0.15, 0.2) is 11.7 Å². The van der Waals surface area contributed by atoms with Crippen molar-refractivity contribution in [3.63, 3.8) is 0 Å². The van der Waals surface area contributed by atoms with E-state index in [0.717, 1.165) is 56.4 Å². The average molecular weight is 511 g/mol. The lowest BCUT2D eigenvalue weighted by Gasteiger charge is -2.08. The predicted octanol–water partition coefficient (Wildman–Crippen LogP) is 5.49. The molecule has 8 heteroatoms. The van der Waals surface area contributed by atoms with Crippen LogP contribution in [0.4, 0.5) is 5.13 Å². The molecule has 2 aromatic carbocycles. The molecule has 1 aliphatic carbocycles. The van der Waals surface area contributed by atoms with Crippen molar-refractivity contribution in [3.05, 3.63) is 73.4 Å². The van der Waals surface area contributed by atoms with Crippen LogP contribution in [0.5, 0.6) is 5.75 Å². The molecular formula is C24H19BrN2O4S. The molecule has 0 bridgehead atoms. The second-order valence-corrected chi connectivity index (χ2v) is 9.74. The van der Waals surface area contributed by atoms with Crippen molar-refractivity contribution in [1.82, 2.24) is 4.98 Å².